The molecule has 0 aromatic carbocycles. The van der Waals surface area contributed by atoms with Gasteiger partial charge < -0.3 is 4.74 Å². The van der Waals surface area contributed by atoms with E-state index < -0.39 is 24.4 Å². The third-order valence-electron chi connectivity index (χ3n) is 1.43. The molecule has 86 valence electrons. The van der Waals surface area contributed by atoms with E-state index in [0.717, 1.165) is 0 Å². The van der Waals surface area contributed by atoms with Gasteiger partial charge in [-0.3, -0.25) is 0 Å². The summed E-state index contributed by atoms with van der Waals surface area (Å²) in [5.41, 5.74) is 0. The fraction of sp³-hybridized carbons (Fsp3) is 1.00. The molecule has 0 spiro atoms. The summed E-state index contributed by atoms with van der Waals surface area (Å²) in [4.78, 5) is 0. The van der Waals surface area contributed by atoms with Crippen LogP contribution in [0.2, 0.25) is 0 Å². The lowest BCUT2D eigenvalue weighted by molar-refractivity contribution is 0.194. The number of hydrogen-bond acceptors (Lipinski definition) is 5. The summed E-state index contributed by atoms with van der Waals surface area (Å²) < 4.78 is 50.2. The van der Waals surface area contributed by atoms with E-state index in [9.17, 15) is 16.8 Å². The number of halogens is 1. The van der Waals surface area contributed by atoms with Crippen LogP contribution in [0.1, 0.15) is 6.92 Å². The second kappa shape index (κ2) is 5.26. The Hall–Kier alpha value is 0.110. The van der Waals surface area contributed by atoms with Crippen LogP contribution in [0.15, 0.2) is 0 Å². The Labute approximate surface area is 88.1 Å². The van der Waals surface area contributed by atoms with Crippen LogP contribution in [0.5, 0.6) is 0 Å². The van der Waals surface area contributed by atoms with Crippen molar-refractivity contribution in [3.05, 3.63) is 0 Å². The Bertz CT molecular complexity index is 362. The van der Waals surface area contributed by atoms with Gasteiger partial charge in [0.05, 0.1) is 6.61 Å². The van der Waals surface area contributed by atoms with Crippen molar-refractivity contribution < 1.29 is 21.6 Å². The fourth-order valence-electron chi connectivity index (χ4n) is 0.721. The number of nitrogens with one attached hydrogen (secondary N) is 1. The van der Waals surface area contributed by atoms with Gasteiger partial charge in [-0.2, -0.15) is 13.1 Å². The van der Waals surface area contributed by atoms with E-state index in [1.165, 1.54) is 14.0 Å². The molecule has 0 saturated heterocycles. The van der Waals surface area contributed by atoms with Crippen molar-refractivity contribution in [2.24, 2.45) is 0 Å². The quantitative estimate of drug-likeness (QED) is 0.652. The standard InChI is InChI=1S/C5H12ClNO5S2/c1-3-13(8,9)5(4-12-2)7-14(6,10)11/h5,7H,3-4H2,1-2H3. The monoisotopic (exact) mass is 265 g/mol. The maximum Gasteiger partial charge on any atom is 0.298 e. The number of methoxy groups -OCH3 is 1. The van der Waals surface area contributed by atoms with Crippen LogP contribution in [-0.2, 0) is 23.8 Å². The summed E-state index contributed by atoms with van der Waals surface area (Å²) in [5.74, 6) is -0.194. The Balaban J connectivity index is 4.79. The minimum atomic E-state index is -4.08. The van der Waals surface area contributed by atoms with Crippen LogP contribution in [0.4, 0.5) is 0 Å². The predicted molar refractivity (Wildman–Crippen MR) is 53.0 cm³/mol. The molecule has 0 bridgehead atoms. The van der Waals surface area contributed by atoms with Gasteiger partial charge in [-0.05, 0) is 0 Å². The molecular weight excluding hydrogens is 254 g/mol. The van der Waals surface area contributed by atoms with Crippen molar-refractivity contribution in [3.63, 3.8) is 0 Å². The van der Waals surface area contributed by atoms with Crippen molar-refractivity contribution in [1.29, 1.82) is 0 Å². The Morgan fingerprint density at radius 2 is 1.86 bits per heavy atom. The van der Waals surface area contributed by atoms with Gasteiger partial charge >= 0.3 is 0 Å². The zero-order valence-electron chi connectivity index (χ0n) is 7.73. The second-order valence-electron chi connectivity index (χ2n) is 2.45. The highest BCUT2D eigenvalue weighted by Crippen LogP contribution is 2.04. The van der Waals surface area contributed by atoms with Crippen molar-refractivity contribution in [3.8, 4) is 0 Å². The summed E-state index contributed by atoms with van der Waals surface area (Å²) in [6, 6.07) is 0. The number of rotatable bonds is 6. The van der Waals surface area contributed by atoms with E-state index in [1.54, 1.807) is 4.72 Å². The van der Waals surface area contributed by atoms with Crippen LogP contribution in [0.3, 0.4) is 0 Å². The van der Waals surface area contributed by atoms with Crippen LogP contribution < -0.4 is 4.72 Å². The molecule has 9 heteroatoms. The Morgan fingerprint density at radius 1 is 1.36 bits per heavy atom. The molecule has 1 unspecified atom stereocenters. The Kier molecular flexibility index (Phi) is 5.31. The maximum absolute atomic E-state index is 11.3. The van der Waals surface area contributed by atoms with Crippen molar-refractivity contribution in [1.82, 2.24) is 4.72 Å². The molecule has 0 saturated carbocycles. The Morgan fingerprint density at radius 3 is 2.14 bits per heavy atom. The second-order valence-corrected chi connectivity index (χ2v) is 7.25. The molecule has 0 fully saturated rings. The topological polar surface area (TPSA) is 89.5 Å². The minimum absolute atomic E-state index is 0.194. The lowest BCUT2D eigenvalue weighted by Gasteiger charge is -2.14. The SMILES string of the molecule is CCS(=O)(=O)C(COC)NS(=O)(=O)Cl. The van der Waals surface area contributed by atoms with Crippen molar-refractivity contribution in [2.45, 2.75) is 12.3 Å². The van der Waals surface area contributed by atoms with E-state index in [2.05, 4.69) is 4.74 Å². The number of hydrogen-bond donors (Lipinski definition) is 1. The first-order valence-electron chi connectivity index (χ1n) is 3.65. The van der Waals surface area contributed by atoms with Crippen LogP contribution in [0.25, 0.3) is 0 Å². The molecule has 1 N–H and O–H groups in total. The first kappa shape index (κ1) is 14.1. The molecule has 6 nitrogen and oxygen atoms in total. The smallest absolute Gasteiger partial charge is 0.298 e. The molecule has 0 aromatic heterocycles. The van der Waals surface area contributed by atoms with Crippen molar-refractivity contribution in [2.75, 3.05) is 19.5 Å². The van der Waals surface area contributed by atoms with E-state index in [0.29, 0.717) is 0 Å². The summed E-state index contributed by atoms with van der Waals surface area (Å²) in [6.07, 6.45) is 0. The van der Waals surface area contributed by atoms with Gasteiger partial charge in [0.15, 0.2) is 9.84 Å². The molecule has 0 rings (SSSR count). The molecule has 0 radical (unpaired) electrons. The molecule has 0 heterocycles. The lowest BCUT2D eigenvalue weighted by Crippen LogP contribution is -2.42. The average molecular weight is 266 g/mol. The molecule has 0 aliphatic heterocycles. The number of ether oxygens (including phenoxy) is 1. The first-order chi connectivity index (χ1) is 6.23. The van der Waals surface area contributed by atoms with Gasteiger partial charge in [0.2, 0.25) is 0 Å². The van der Waals surface area contributed by atoms with Crippen LogP contribution in [-0.4, -0.2) is 41.7 Å². The van der Waals surface area contributed by atoms with Gasteiger partial charge in [-0.1, -0.05) is 6.92 Å². The highest BCUT2D eigenvalue weighted by atomic mass is 35.7. The highest BCUT2D eigenvalue weighted by Gasteiger charge is 2.27. The molecule has 0 aliphatic carbocycles. The summed E-state index contributed by atoms with van der Waals surface area (Å²) in [7, 11) is -1.50. The van der Waals surface area contributed by atoms with E-state index in [1.807, 2.05) is 0 Å². The first-order valence-corrected chi connectivity index (χ1v) is 7.68. The summed E-state index contributed by atoms with van der Waals surface area (Å²) >= 11 is 0. The van der Waals surface area contributed by atoms with Crippen LogP contribution in [0, 0.1) is 0 Å². The summed E-state index contributed by atoms with van der Waals surface area (Å²) in [5, 5.41) is -1.33. The zero-order chi connectivity index (χ0) is 11.4. The van der Waals surface area contributed by atoms with Crippen LogP contribution >= 0.6 is 10.7 Å². The predicted octanol–water partition coefficient (Wildman–Crippen LogP) is -0.533. The van der Waals surface area contributed by atoms with E-state index in [-0.39, 0.29) is 12.4 Å². The highest BCUT2D eigenvalue weighted by molar-refractivity contribution is 8.12. The minimum Gasteiger partial charge on any atom is -0.382 e. The van der Waals surface area contributed by atoms with Gasteiger partial charge in [0, 0.05) is 23.5 Å². The van der Waals surface area contributed by atoms with E-state index in [4.69, 9.17) is 10.7 Å². The summed E-state index contributed by atoms with van der Waals surface area (Å²) in [6.45, 7) is 1.13. The van der Waals surface area contributed by atoms with Crippen molar-refractivity contribution >= 4 is 29.8 Å². The molecule has 14 heavy (non-hydrogen) atoms. The molecular formula is C5H12ClNO5S2. The lowest BCUT2D eigenvalue weighted by atomic mass is 10.7. The number of sulfone groups is 1. The molecule has 0 amide bonds. The molecule has 1 atom stereocenters. The normalized spacial score (nSPS) is 15.4. The third-order valence-corrected chi connectivity index (χ3v) is 4.33. The van der Waals surface area contributed by atoms with Gasteiger partial charge in [-0.15, -0.1) is 0 Å². The van der Waals surface area contributed by atoms with E-state index >= 15 is 0 Å². The third kappa shape index (κ3) is 5.11. The zero-order valence-corrected chi connectivity index (χ0v) is 10.1. The van der Waals surface area contributed by atoms with Gasteiger partial charge in [0.1, 0.15) is 5.37 Å². The fourth-order valence-corrected chi connectivity index (χ4v) is 3.30. The largest absolute Gasteiger partial charge is 0.382 e. The molecule has 0 aromatic rings. The van der Waals surface area contributed by atoms with Gasteiger partial charge in [0.25, 0.3) is 9.24 Å². The maximum atomic E-state index is 11.3. The van der Waals surface area contributed by atoms with Gasteiger partial charge in [-0.25, -0.2) is 8.42 Å². The average Bonchev–Trinajstić information content (AvgIpc) is 2.01. The molecule has 0 aliphatic rings.